The summed E-state index contributed by atoms with van der Waals surface area (Å²) in [5, 5.41) is 0.740. The van der Waals surface area contributed by atoms with Crippen LogP contribution in [0.15, 0.2) is 78.9 Å². The van der Waals surface area contributed by atoms with Crippen LogP contribution in [0.5, 0.6) is 0 Å². The van der Waals surface area contributed by atoms with Crippen LogP contribution in [0, 0.1) is 11.7 Å². The number of nitrogens with one attached hydrogen (secondary N) is 1. The number of H-pyrrole nitrogens is 1. The molecule has 3 unspecified atom stereocenters. The van der Waals surface area contributed by atoms with Gasteiger partial charge in [-0.25, -0.2) is 4.39 Å². The van der Waals surface area contributed by atoms with Gasteiger partial charge in [0.15, 0.2) is 11.9 Å². The van der Waals surface area contributed by atoms with Gasteiger partial charge in [0.2, 0.25) is 0 Å². The van der Waals surface area contributed by atoms with Crippen molar-refractivity contribution >= 4 is 28.6 Å². The van der Waals surface area contributed by atoms with E-state index in [0.29, 0.717) is 24.1 Å². The molecule has 1 aliphatic heterocycles. The molecule has 6 nitrogen and oxygen atoms in total. The molecule has 1 fully saturated rings. The summed E-state index contributed by atoms with van der Waals surface area (Å²) in [6.07, 6.45) is -0.272. The zero-order chi connectivity index (χ0) is 25.9. The summed E-state index contributed by atoms with van der Waals surface area (Å²) >= 11 is 0. The maximum atomic E-state index is 14.1. The van der Waals surface area contributed by atoms with Gasteiger partial charge in [-0.1, -0.05) is 60.7 Å². The highest BCUT2D eigenvalue weighted by Crippen LogP contribution is 2.41. The van der Waals surface area contributed by atoms with Gasteiger partial charge in [0.25, 0.3) is 0 Å². The average Bonchev–Trinajstić information content (AvgIpc) is 3.37. The van der Waals surface area contributed by atoms with Gasteiger partial charge in [0.05, 0.1) is 6.61 Å². The largest absolute Gasteiger partial charge is 0.466 e. The monoisotopic (exact) mass is 499 g/mol. The number of Topliss-reactive ketones (excluding diaryl/α,β-unsaturated/α-hetero) is 1. The Kier molecular flexibility index (Phi) is 6.86. The molecule has 1 aromatic heterocycles. The van der Waals surface area contributed by atoms with E-state index >= 15 is 0 Å². The predicted octanol–water partition coefficient (Wildman–Crippen LogP) is 4.90. The van der Waals surface area contributed by atoms with Gasteiger partial charge in [0.1, 0.15) is 11.7 Å². The fourth-order valence-corrected chi connectivity index (χ4v) is 5.13. The summed E-state index contributed by atoms with van der Waals surface area (Å²) in [4.78, 5) is 41.7. The molecule has 1 saturated heterocycles. The highest BCUT2D eigenvalue weighted by atomic mass is 19.1. The van der Waals surface area contributed by atoms with Gasteiger partial charge in [-0.15, -0.1) is 0 Å². The lowest BCUT2D eigenvalue weighted by atomic mass is 9.79. The summed E-state index contributed by atoms with van der Waals surface area (Å²) < 4.78 is 24.9. The number of rotatable bonds is 8. The van der Waals surface area contributed by atoms with E-state index in [1.54, 1.807) is 6.07 Å². The molecule has 0 spiro atoms. The Bertz CT molecular complexity index is 1450. The minimum absolute atomic E-state index is 0.105. The molecule has 2 heterocycles. The van der Waals surface area contributed by atoms with Gasteiger partial charge in [-0.05, 0) is 34.9 Å². The van der Waals surface area contributed by atoms with E-state index in [-0.39, 0.29) is 12.4 Å². The molecule has 5 rings (SSSR count). The van der Waals surface area contributed by atoms with E-state index in [9.17, 15) is 18.8 Å². The third kappa shape index (κ3) is 5.03. The predicted molar refractivity (Wildman–Crippen MR) is 135 cm³/mol. The van der Waals surface area contributed by atoms with Crippen LogP contribution in [0.25, 0.3) is 10.9 Å². The lowest BCUT2D eigenvalue weighted by Gasteiger charge is -2.22. The van der Waals surface area contributed by atoms with Gasteiger partial charge in [0, 0.05) is 42.3 Å². The summed E-state index contributed by atoms with van der Waals surface area (Å²) in [7, 11) is 0. The second-order valence-electron chi connectivity index (χ2n) is 9.18. The number of esters is 2. The molecule has 1 aliphatic rings. The Morgan fingerprint density at radius 2 is 1.73 bits per heavy atom. The van der Waals surface area contributed by atoms with Gasteiger partial charge < -0.3 is 14.5 Å². The quantitative estimate of drug-likeness (QED) is 0.275. The molecular formula is C30H26FNO5. The second kappa shape index (κ2) is 10.4. The minimum Gasteiger partial charge on any atom is -0.466 e. The Morgan fingerprint density at radius 3 is 2.43 bits per heavy atom. The Labute approximate surface area is 213 Å². The van der Waals surface area contributed by atoms with Crippen LogP contribution in [-0.4, -0.2) is 35.4 Å². The first-order chi connectivity index (χ1) is 17.9. The van der Waals surface area contributed by atoms with Crippen molar-refractivity contribution in [2.75, 3.05) is 6.61 Å². The van der Waals surface area contributed by atoms with E-state index in [1.165, 1.54) is 19.1 Å². The normalized spacial score (nSPS) is 18.1. The fourth-order valence-electron chi connectivity index (χ4n) is 5.13. The molecule has 0 bridgehead atoms. The van der Waals surface area contributed by atoms with Crippen molar-refractivity contribution in [1.29, 1.82) is 0 Å². The van der Waals surface area contributed by atoms with Crippen molar-refractivity contribution in [3.05, 3.63) is 107 Å². The van der Waals surface area contributed by atoms with Crippen molar-refractivity contribution in [1.82, 2.24) is 4.98 Å². The molecule has 0 aliphatic carbocycles. The van der Waals surface area contributed by atoms with Crippen molar-refractivity contribution in [2.45, 2.75) is 31.8 Å². The number of hydrogen-bond donors (Lipinski definition) is 1. The molecule has 7 heteroatoms. The third-order valence-electron chi connectivity index (χ3n) is 6.76. The zero-order valence-corrected chi connectivity index (χ0v) is 20.3. The van der Waals surface area contributed by atoms with Crippen molar-refractivity contribution in [2.24, 2.45) is 5.92 Å². The first-order valence-corrected chi connectivity index (χ1v) is 12.2. The van der Waals surface area contributed by atoms with E-state index in [0.717, 1.165) is 22.1 Å². The topological polar surface area (TPSA) is 85.5 Å². The molecule has 1 N–H and O–H groups in total. The van der Waals surface area contributed by atoms with Gasteiger partial charge in [-0.2, -0.15) is 0 Å². The maximum Gasteiger partial charge on any atom is 0.318 e. The summed E-state index contributed by atoms with van der Waals surface area (Å²) in [5.74, 6) is -3.48. The number of benzene rings is 3. The number of halogens is 1. The Morgan fingerprint density at radius 1 is 1.03 bits per heavy atom. The number of cyclic esters (lactones) is 1. The number of ether oxygens (including phenoxy) is 2. The third-order valence-corrected chi connectivity index (χ3v) is 6.76. The van der Waals surface area contributed by atoms with Crippen LogP contribution in [0.4, 0.5) is 4.39 Å². The first kappa shape index (κ1) is 24.4. The van der Waals surface area contributed by atoms with Crippen molar-refractivity contribution in [3.63, 3.8) is 0 Å². The van der Waals surface area contributed by atoms with E-state index in [2.05, 4.69) is 4.98 Å². The second-order valence-corrected chi connectivity index (χ2v) is 9.18. The van der Waals surface area contributed by atoms with Crippen LogP contribution in [0.1, 0.15) is 35.2 Å². The molecular weight excluding hydrogens is 473 g/mol. The number of hydrogen-bond acceptors (Lipinski definition) is 5. The minimum atomic E-state index is -1.08. The van der Waals surface area contributed by atoms with E-state index in [1.807, 2.05) is 60.7 Å². The number of fused-ring (bicyclic) bond motifs is 1. The molecule has 3 aromatic carbocycles. The SMILES string of the molecule is CC(=O)OCCc1c(C(c2ccccc2)C2C(=O)OC(Cc3ccccc3)C2=O)[nH]c2cc(F)ccc12. The van der Waals surface area contributed by atoms with Crippen molar-refractivity contribution in [3.8, 4) is 0 Å². The highest BCUT2D eigenvalue weighted by molar-refractivity contribution is 6.08. The molecule has 0 radical (unpaired) electrons. The number of carbonyl (C=O) groups is 3. The van der Waals surface area contributed by atoms with Crippen LogP contribution < -0.4 is 0 Å². The molecule has 0 amide bonds. The summed E-state index contributed by atoms with van der Waals surface area (Å²) in [6.45, 7) is 1.44. The molecule has 0 saturated carbocycles. The molecule has 188 valence electrons. The van der Waals surface area contributed by atoms with Gasteiger partial charge in [-0.3, -0.25) is 14.4 Å². The summed E-state index contributed by atoms with van der Waals surface area (Å²) in [5.41, 5.74) is 3.55. The molecule has 37 heavy (non-hydrogen) atoms. The highest BCUT2D eigenvalue weighted by Gasteiger charge is 2.49. The Hall–Kier alpha value is -4.26. The van der Waals surface area contributed by atoms with Crippen LogP contribution in [-0.2, 0) is 36.7 Å². The first-order valence-electron chi connectivity index (χ1n) is 12.2. The number of carbonyl (C=O) groups excluding carboxylic acids is 3. The number of aromatic amines is 1. The van der Waals surface area contributed by atoms with E-state index < -0.39 is 35.7 Å². The standard InChI is InChI=1S/C30H26FNO5/c1-18(33)36-15-14-23-22-13-12-21(31)17-24(22)32-28(23)26(20-10-6-3-7-11-20)27-29(34)25(37-30(27)35)16-19-8-4-2-5-9-19/h2-13,17,25-27,32H,14-16H2,1H3. The van der Waals surface area contributed by atoms with Crippen LogP contribution in [0.3, 0.4) is 0 Å². The van der Waals surface area contributed by atoms with Crippen LogP contribution in [0.2, 0.25) is 0 Å². The average molecular weight is 500 g/mol. The van der Waals surface area contributed by atoms with Crippen molar-refractivity contribution < 1.29 is 28.2 Å². The smallest absolute Gasteiger partial charge is 0.318 e. The van der Waals surface area contributed by atoms with Gasteiger partial charge >= 0.3 is 11.9 Å². The summed E-state index contributed by atoms with van der Waals surface area (Å²) in [6, 6.07) is 23.1. The number of aromatic nitrogens is 1. The molecule has 3 atom stereocenters. The molecule has 4 aromatic rings. The van der Waals surface area contributed by atoms with Crippen LogP contribution >= 0.6 is 0 Å². The lowest BCUT2D eigenvalue weighted by molar-refractivity contribution is -0.144. The lowest BCUT2D eigenvalue weighted by Crippen LogP contribution is -2.29. The number of ketones is 1. The van der Waals surface area contributed by atoms with E-state index in [4.69, 9.17) is 9.47 Å². The zero-order valence-electron chi connectivity index (χ0n) is 20.3. The Balaban J connectivity index is 1.59. The fraction of sp³-hybridized carbons (Fsp3) is 0.233. The maximum absolute atomic E-state index is 14.1.